The Kier molecular flexibility index (Phi) is 3.91. The molecule has 1 aromatic heterocycles. The van der Waals surface area contributed by atoms with Gasteiger partial charge in [-0.2, -0.15) is 0 Å². The minimum Gasteiger partial charge on any atom is -0.369 e. The second kappa shape index (κ2) is 5.44. The third-order valence-electron chi connectivity index (χ3n) is 2.51. The summed E-state index contributed by atoms with van der Waals surface area (Å²) in [5.74, 6) is 0.472. The van der Waals surface area contributed by atoms with Gasteiger partial charge < -0.3 is 10.3 Å². The second-order valence-electron chi connectivity index (χ2n) is 4.64. The number of hydrogen-bond donors (Lipinski definition) is 1. The Balaban J connectivity index is 2.39. The number of para-hydroxylation sites is 2. The molecule has 0 unspecified atom stereocenters. The molecule has 0 radical (unpaired) electrons. The molecule has 1 aromatic carbocycles. The van der Waals surface area contributed by atoms with Crippen LogP contribution in [0.3, 0.4) is 0 Å². The van der Waals surface area contributed by atoms with E-state index in [1.54, 1.807) is 0 Å². The number of hydrogen-bond acceptors (Lipinski definition) is 3. The van der Waals surface area contributed by atoms with E-state index in [0.29, 0.717) is 5.92 Å². The minimum absolute atomic E-state index is 0.265. The summed E-state index contributed by atoms with van der Waals surface area (Å²) in [6.45, 7) is 5.22. The molecule has 0 saturated carbocycles. The third-order valence-corrected chi connectivity index (χ3v) is 3.51. The summed E-state index contributed by atoms with van der Waals surface area (Å²) < 4.78 is 2.16. The maximum atomic E-state index is 10.9. The molecule has 0 saturated heterocycles. The fourth-order valence-electron chi connectivity index (χ4n) is 1.84. The van der Waals surface area contributed by atoms with Gasteiger partial charge in [-0.25, -0.2) is 4.98 Å². The fraction of sp³-hybridized carbons (Fsp3) is 0.385. The van der Waals surface area contributed by atoms with E-state index in [-0.39, 0.29) is 11.7 Å². The number of nitrogens with zero attached hydrogens (tertiary/aromatic N) is 2. The molecule has 0 spiro atoms. The topological polar surface area (TPSA) is 60.9 Å². The van der Waals surface area contributed by atoms with Gasteiger partial charge in [0.2, 0.25) is 5.91 Å². The van der Waals surface area contributed by atoms with Crippen molar-refractivity contribution in [1.82, 2.24) is 9.55 Å². The normalized spacial score (nSPS) is 11.3. The van der Waals surface area contributed by atoms with Crippen molar-refractivity contribution in [2.45, 2.75) is 25.5 Å². The lowest BCUT2D eigenvalue weighted by Crippen LogP contribution is -2.14. The lowest BCUT2D eigenvalue weighted by molar-refractivity contribution is -0.115. The first kappa shape index (κ1) is 13.0. The summed E-state index contributed by atoms with van der Waals surface area (Å²) in [5.41, 5.74) is 7.26. The molecule has 18 heavy (non-hydrogen) atoms. The SMILES string of the molecule is CC(C)Cn1c(SCC(N)=O)nc2ccccc21. The van der Waals surface area contributed by atoms with Gasteiger partial charge in [-0.1, -0.05) is 37.7 Å². The molecule has 0 aliphatic heterocycles. The van der Waals surface area contributed by atoms with Crippen LogP contribution >= 0.6 is 11.8 Å². The van der Waals surface area contributed by atoms with Crippen LogP contribution in [0.1, 0.15) is 13.8 Å². The number of thioether (sulfide) groups is 1. The summed E-state index contributed by atoms with van der Waals surface area (Å²) in [6, 6.07) is 8.01. The Labute approximate surface area is 111 Å². The zero-order chi connectivity index (χ0) is 13.1. The van der Waals surface area contributed by atoms with Gasteiger partial charge in [0.05, 0.1) is 16.8 Å². The number of benzene rings is 1. The van der Waals surface area contributed by atoms with Crippen LogP contribution in [0.4, 0.5) is 0 Å². The maximum Gasteiger partial charge on any atom is 0.227 e. The Morgan fingerprint density at radius 2 is 2.17 bits per heavy atom. The first-order valence-corrected chi connectivity index (χ1v) is 6.93. The first-order valence-electron chi connectivity index (χ1n) is 5.94. The lowest BCUT2D eigenvalue weighted by Gasteiger charge is -2.10. The van der Waals surface area contributed by atoms with Crippen LogP contribution < -0.4 is 5.73 Å². The molecule has 1 amide bonds. The van der Waals surface area contributed by atoms with Gasteiger partial charge in [0.25, 0.3) is 0 Å². The molecule has 0 bridgehead atoms. The maximum absolute atomic E-state index is 10.9. The van der Waals surface area contributed by atoms with Crippen molar-refractivity contribution < 1.29 is 4.79 Å². The monoisotopic (exact) mass is 263 g/mol. The number of rotatable bonds is 5. The summed E-state index contributed by atoms with van der Waals surface area (Å²) in [7, 11) is 0. The van der Waals surface area contributed by atoms with Gasteiger partial charge >= 0.3 is 0 Å². The highest BCUT2D eigenvalue weighted by molar-refractivity contribution is 7.99. The highest BCUT2D eigenvalue weighted by atomic mass is 32.2. The van der Waals surface area contributed by atoms with E-state index in [2.05, 4.69) is 29.5 Å². The van der Waals surface area contributed by atoms with Gasteiger partial charge in [0.15, 0.2) is 5.16 Å². The molecule has 2 rings (SSSR count). The average Bonchev–Trinajstić information content (AvgIpc) is 2.64. The molecule has 1 heterocycles. The predicted molar refractivity (Wildman–Crippen MR) is 74.5 cm³/mol. The smallest absolute Gasteiger partial charge is 0.227 e. The van der Waals surface area contributed by atoms with Gasteiger partial charge in [-0.05, 0) is 18.1 Å². The zero-order valence-corrected chi connectivity index (χ0v) is 11.4. The molecule has 0 atom stereocenters. The highest BCUT2D eigenvalue weighted by Crippen LogP contribution is 2.24. The van der Waals surface area contributed by atoms with Crippen molar-refractivity contribution in [2.24, 2.45) is 11.7 Å². The number of aromatic nitrogens is 2. The third kappa shape index (κ3) is 2.85. The number of carbonyl (C=O) groups is 1. The number of carbonyl (C=O) groups excluding carboxylic acids is 1. The number of imidazole rings is 1. The fourth-order valence-corrected chi connectivity index (χ4v) is 2.60. The number of primary amides is 1. The molecule has 2 N–H and O–H groups in total. The molecule has 0 aliphatic carbocycles. The quantitative estimate of drug-likeness (QED) is 0.842. The summed E-state index contributed by atoms with van der Waals surface area (Å²) in [4.78, 5) is 15.4. The molecular formula is C13H17N3OS. The van der Waals surface area contributed by atoms with Crippen molar-refractivity contribution in [2.75, 3.05) is 5.75 Å². The largest absolute Gasteiger partial charge is 0.369 e. The molecule has 5 heteroatoms. The summed E-state index contributed by atoms with van der Waals surface area (Å²) in [6.07, 6.45) is 0. The van der Waals surface area contributed by atoms with Crippen molar-refractivity contribution >= 4 is 28.7 Å². The summed E-state index contributed by atoms with van der Waals surface area (Å²) in [5, 5.41) is 0.865. The Morgan fingerprint density at radius 3 is 2.83 bits per heavy atom. The Hall–Kier alpha value is -1.49. The Bertz CT molecular complexity index is 562. The van der Waals surface area contributed by atoms with Crippen LogP contribution in [0.5, 0.6) is 0 Å². The zero-order valence-electron chi connectivity index (χ0n) is 10.6. The van der Waals surface area contributed by atoms with Crippen LogP contribution in [0.25, 0.3) is 11.0 Å². The number of nitrogens with two attached hydrogens (primary N) is 1. The van der Waals surface area contributed by atoms with Gasteiger partial charge in [-0.15, -0.1) is 0 Å². The van der Waals surface area contributed by atoms with Crippen molar-refractivity contribution in [3.05, 3.63) is 24.3 Å². The number of amides is 1. The van der Waals surface area contributed by atoms with Crippen LogP contribution in [0.2, 0.25) is 0 Å². The van der Waals surface area contributed by atoms with E-state index in [1.165, 1.54) is 11.8 Å². The van der Waals surface area contributed by atoms with Gasteiger partial charge in [0.1, 0.15) is 0 Å². The summed E-state index contributed by atoms with van der Waals surface area (Å²) >= 11 is 1.40. The van der Waals surface area contributed by atoms with E-state index >= 15 is 0 Å². The number of fused-ring (bicyclic) bond motifs is 1. The van der Waals surface area contributed by atoms with Crippen molar-refractivity contribution in [1.29, 1.82) is 0 Å². The van der Waals surface area contributed by atoms with E-state index in [4.69, 9.17) is 5.73 Å². The van der Waals surface area contributed by atoms with Crippen LogP contribution in [-0.2, 0) is 11.3 Å². The lowest BCUT2D eigenvalue weighted by atomic mass is 10.2. The standard InChI is InChI=1S/C13H17N3OS/c1-9(2)7-16-11-6-4-3-5-10(11)15-13(16)18-8-12(14)17/h3-6,9H,7-8H2,1-2H3,(H2,14,17). The molecule has 0 aliphatic rings. The van der Waals surface area contributed by atoms with Crippen molar-refractivity contribution in [3.63, 3.8) is 0 Å². The average molecular weight is 263 g/mol. The predicted octanol–water partition coefficient (Wildman–Crippen LogP) is 2.27. The van der Waals surface area contributed by atoms with Crippen LogP contribution in [0, 0.1) is 5.92 Å². The van der Waals surface area contributed by atoms with E-state index < -0.39 is 0 Å². The minimum atomic E-state index is -0.317. The van der Waals surface area contributed by atoms with Crippen molar-refractivity contribution in [3.8, 4) is 0 Å². The first-order chi connectivity index (χ1) is 8.58. The molecule has 96 valence electrons. The second-order valence-corrected chi connectivity index (χ2v) is 5.59. The Morgan fingerprint density at radius 1 is 1.44 bits per heavy atom. The molecule has 2 aromatic rings. The van der Waals surface area contributed by atoms with Gasteiger partial charge in [-0.3, -0.25) is 4.79 Å². The molecular weight excluding hydrogens is 246 g/mol. The van der Waals surface area contributed by atoms with E-state index in [9.17, 15) is 4.79 Å². The van der Waals surface area contributed by atoms with E-state index in [1.807, 2.05) is 18.2 Å². The van der Waals surface area contributed by atoms with Crippen LogP contribution in [0.15, 0.2) is 29.4 Å². The molecule has 4 nitrogen and oxygen atoms in total. The highest BCUT2D eigenvalue weighted by Gasteiger charge is 2.12. The van der Waals surface area contributed by atoms with Gasteiger partial charge in [0, 0.05) is 6.54 Å². The van der Waals surface area contributed by atoms with Crippen LogP contribution in [-0.4, -0.2) is 21.2 Å². The molecule has 0 fully saturated rings. The van der Waals surface area contributed by atoms with E-state index in [0.717, 1.165) is 22.7 Å².